The number of nitrogen functional groups attached to an aromatic ring is 1. The lowest BCUT2D eigenvalue weighted by atomic mass is 10.4. The summed E-state index contributed by atoms with van der Waals surface area (Å²) in [6.45, 7) is 0.274. The Kier molecular flexibility index (Phi) is 3.49. The van der Waals surface area contributed by atoms with E-state index in [0.29, 0.717) is 12.3 Å². The minimum atomic E-state index is -4.64. The standard InChI is InChI=1S/C9H9F3N6O/c10-9(11,12)8-17-5(13)3-6(18-8)14-2-1-7-15-4-16-19-7/h3-4H,1-2H2,(H3,13,14,17,18). The summed E-state index contributed by atoms with van der Waals surface area (Å²) in [6.07, 6.45) is -3.05. The van der Waals surface area contributed by atoms with E-state index >= 15 is 0 Å². The zero-order chi connectivity index (χ0) is 13.9. The molecular formula is C9H9F3N6O. The van der Waals surface area contributed by atoms with Crippen LogP contribution in [-0.2, 0) is 12.6 Å². The molecule has 0 aromatic carbocycles. The molecule has 0 aliphatic rings. The highest BCUT2D eigenvalue weighted by Gasteiger charge is 2.35. The van der Waals surface area contributed by atoms with Crippen LogP contribution in [0.5, 0.6) is 0 Å². The lowest BCUT2D eigenvalue weighted by molar-refractivity contribution is -0.144. The van der Waals surface area contributed by atoms with Crippen molar-refractivity contribution in [2.75, 3.05) is 17.6 Å². The maximum atomic E-state index is 12.5. The molecule has 0 bridgehead atoms. The van der Waals surface area contributed by atoms with Gasteiger partial charge in [0.1, 0.15) is 11.6 Å². The molecule has 0 unspecified atom stereocenters. The zero-order valence-corrected chi connectivity index (χ0v) is 9.48. The van der Waals surface area contributed by atoms with Crippen molar-refractivity contribution < 1.29 is 17.7 Å². The normalized spacial score (nSPS) is 11.5. The second-order valence-corrected chi connectivity index (χ2v) is 3.51. The number of anilines is 2. The van der Waals surface area contributed by atoms with Crippen LogP contribution in [0.15, 0.2) is 16.9 Å². The second-order valence-electron chi connectivity index (χ2n) is 3.51. The maximum absolute atomic E-state index is 12.5. The third-order valence-corrected chi connectivity index (χ3v) is 2.05. The molecule has 10 heteroatoms. The first-order valence-corrected chi connectivity index (χ1v) is 5.16. The third-order valence-electron chi connectivity index (χ3n) is 2.05. The Morgan fingerprint density at radius 3 is 2.74 bits per heavy atom. The van der Waals surface area contributed by atoms with Gasteiger partial charge in [-0.25, -0.2) is 9.97 Å². The molecule has 2 rings (SSSR count). The molecule has 0 aliphatic carbocycles. The number of nitrogens with zero attached hydrogens (tertiary/aromatic N) is 4. The third kappa shape index (κ3) is 3.53. The summed E-state index contributed by atoms with van der Waals surface area (Å²) >= 11 is 0. The van der Waals surface area contributed by atoms with E-state index in [1.165, 1.54) is 12.4 Å². The van der Waals surface area contributed by atoms with Crippen LogP contribution < -0.4 is 11.1 Å². The van der Waals surface area contributed by atoms with Gasteiger partial charge >= 0.3 is 6.18 Å². The predicted molar refractivity (Wildman–Crippen MR) is 57.9 cm³/mol. The molecule has 7 nitrogen and oxygen atoms in total. The van der Waals surface area contributed by atoms with Crippen LogP contribution in [0.4, 0.5) is 24.8 Å². The molecule has 2 aromatic heterocycles. The molecule has 0 saturated heterocycles. The van der Waals surface area contributed by atoms with Crippen molar-refractivity contribution in [3.05, 3.63) is 24.1 Å². The molecule has 0 amide bonds. The molecule has 0 fully saturated rings. The number of alkyl halides is 3. The van der Waals surface area contributed by atoms with Gasteiger partial charge in [0.2, 0.25) is 11.7 Å². The van der Waals surface area contributed by atoms with Gasteiger partial charge in [0, 0.05) is 19.0 Å². The Morgan fingerprint density at radius 1 is 1.32 bits per heavy atom. The summed E-state index contributed by atoms with van der Waals surface area (Å²) in [5, 5.41) is 6.08. The molecule has 0 spiro atoms. The number of nitrogens with two attached hydrogens (primary N) is 1. The molecule has 0 aliphatic heterocycles. The van der Waals surface area contributed by atoms with E-state index in [2.05, 4.69) is 25.4 Å². The highest BCUT2D eigenvalue weighted by Crippen LogP contribution is 2.27. The number of nitrogens with one attached hydrogen (secondary N) is 1. The van der Waals surface area contributed by atoms with Crippen LogP contribution >= 0.6 is 0 Å². The number of rotatable bonds is 4. The fourth-order valence-corrected chi connectivity index (χ4v) is 1.29. The van der Waals surface area contributed by atoms with Gasteiger partial charge in [-0.2, -0.15) is 18.2 Å². The van der Waals surface area contributed by atoms with E-state index in [1.807, 2.05) is 0 Å². The van der Waals surface area contributed by atoms with Crippen molar-refractivity contribution in [1.82, 2.24) is 20.1 Å². The number of hydrogen-bond acceptors (Lipinski definition) is 7. The van der Waals surface area contributed by atoms with Gasteiger partial charge in [-0.1, -0.05) is 5.16 Å². The Balaban J connectivity index is 2.02. The van der Waals surface area contributed by atoms with Crippen LogP contribution in [0.2, 0.25) is 0 Å². The van der Waals surface area contributed by atoms with E-state index in [0.717, 1.165) is 0 Å². The fourth-order valence-electron chi connectivity index (χ4n) is 1.29. The Hall–Kier alpha value is -2.39. The minimum absolute atomic E-state index is 0.0145. The van der Waals surface area contributed by atoms with Crippen molar-refractivity contribution in [3.8, 4) is 0 Å². The van der Waals surface area contributed by atoms with Crippen molar-refractivity contribution in [2.45, 2.75) is 12.6 Å². The maximum Gasteiger partial charge on any atom is 0.451 e. The van der Waals surface area contributed by atoms with Crippen molar-refractivity contribution in [3.63, 3.8) is 0 Å². The van der Waals surface area contributed by atoms with E-state index in [-0.39, 0.29) is 18.2 Å². The number of aromatic nitrogens is 4. The van der Waals surface area contributed by atoms with E-state index in [1.54, 1.807) is 0 Å². The highest BCUT2D eigenvalue weighted by atomic mass is 19.4. The van der Waals surface area contributed by atoms with E-state index in [4.69, 9.17) is 10.3 Å². The molecule has 102 valence electrons. The summed E-state index contributed by atoms with van der Waals surface area (Å²) in [4.78, 5) is 10.2. The fraction of sp³-hybridized carbons (Fsp3) is 0.333. The van der Waals surface area contributed by atoms with Crippen LogP contribution in [0.25, 0.3) is 0 Å². The van der Waals surface area contributed by atoms with Crippen molar-refractivity contribution >= 4 is 11.6 Å². The largest absolute Gasteiger partial charge is 0.451 e. The van der Waals surface area contributed by atoms with Crippen LogP contribution in [0.3, 0.4) is 0 Å². The van der Waals surface area contributed by atoms with Gasteiger partial charge in [-0.15, -0.1) is 0 Å². The molecule has 0 radical (unpaired) electrons. The van der Waals surface area contributed by atoms with Gasteiger partial charge in [-0.3, -0.25) is 0 Å². The second kappa shape index (κ2) is 5.08. The molecule has 2 heterocycles. The molecule has 0 saturated carbocycles. The highest BCUT2D eigenvalue weighted by molar-refractivity contribution is 5.44. The first-order valence-electron chi connectivity index (χ1n) is 5.16. The molecule has 0 atom stereocenters. The van der Waals surface area contributed by atoms with Crippen LogP contribution in [0, 0.1) is 0 Å². The SMILES string of the molecule is Nc1cc(NCCc2ncno2)nc(C(F)(F)F)n1. The average molecular weight is 274 g/mol. The first kappa shape index (κ1) is 13.1. The summed E-state index contributed by atoms with van der Waals surface area (Å²) < 4.78 is 42.1. The van der Waals surface area contributed by atoms with Crippen molar-refractivity contribution in [2.24, 2.45) is 0 Å². The first-order chi connectivity index (χ1) is 8.95. The molecule has 19 heavy (non-hydrogen) atoms. The molecular weight excluding hydrogens is 265 g/mol. The summed E-state index contributed by atoms with van der Waals surface area (Å²) in [5.41, 5.74) is 5.29. The van der Waals surface area contributed by atoms with Crippen molar-refractivity contribution in [1.29, 1.82) is 0 Å². The van der Waals surface area contributed by atoms with Crippen LogP contribution in [-0.4, -0.2) is 26.7 Å². The van der Waals surface area contributed by atoms with Gasteiger partial charge in [0.15, 0.2) is 6.33 Å². The lowest BCUT2D eigenvalue weighted by Gasteiger charge is -2.09. The topological polar surface area (TPSA) is 103 Å². The quantitative estimate of drug-likeness (QED) is 0.860. The Labute approximate surface area is 105 Å². The zero-order valence-electron chi connectivity index (χ0n) is 9.48. The van der Waals surface area contributed by atoms with Gasteiger partial charge in [0.25, 0.3) is 0 Å². The summed E-state index contributed by atoms with van der Waals surface area (Å²) in [5.74, 6) is -1.19. The number of halogens is 3. The average Bonchev–Trinajstić information content (AvgIpc) is 2.80. The summed E-state index contributed by atoms with van der Waals surface area (Å²) in [7, 11) is 0. The number of hydrogen-bond donors (Lipinski definition) is 2. The Bertz CT molecular complexity index is 541. The lowest BCUT2D eigenvalue weighted by Crippen LogP contribution is -2.15. The van der Waals surface area contributed by atoms with E-state index < -0.39 is 12.0 Å². The predicted octanol–water partition coefficient (Wildman–Crippen LogP) is 1.12. The smallest absolute Gasteiger partial charge is 0.384 e. The molecule has 3 N–H and O–H groups in total. The Morgan fingerprint density at radius 2 is 2.11 bits per heavy atom. The minimum Gasteiger partial charge on any atom is -0.384 e. The van der Waals surface area contributed by atoms with Gasteiger partial charge in [-0.05, 0) is 0 Å². The monoisotopic (exact) mass is 274 g/mol. The van der Waals surface area contributed by atoms with Gasteiger partial charge in [0.05, 0.1) is 0 Å². The van der Waals surface area contributed by atoms with E-state index in [9.17, 15) is 13.2 Å². The summed E-state index contributed by atoms with van der Waals surface area (Å²) in [6, 6.07) is 1.21. The van der Waals surface area contributed by atoms with Crippen LogP contribution in [0.1, 0.15) is 11.7 Å². The van der Waals surface area contributed by atoms with Gasteiger partial charge < -0.3 is 15.6 Å². The molecule has 2 aromatic rings.